The van der Waals surface area contributed by atoms with Crippen LogP contribution in [0.3, 0.4) is 0 Å². The van der Waals surface area contributed by atoms with Gasteiger partial charge in [0, 0.05) is 0 Å². The van der Waals surface area contributed by atoms with Gasteiger partial charge in [0.05, 0.1) is 12.6 Å². The first-order chi connectivity index (χ1) is 7.83. The molecule has 0 saturated carbocycles. The van der Waals surface area contributed by atoms with Crippen LogP contribution < -0.4 is 4.72 Å². The molecule has 1 aromatic heterocycles. The van der Waals surface area contributed by atoms with Crippen molar-refractivity contribution in [1.82, 2.24) is 14.9 Å². The summed E-state index contributed by atoms with van der Waals surface area (Å²) in [5.41, 5.74) is 0. The smallest absolute Gasteiger partial charge is 0.322 e. The molecule has 0 aliphatic carbocycles. The lowest BCUT2D eigenvalue weighted by Crippen LogP contribution is -2.42. The normalized spacial score (nSPS) is 13.2. The maximum atomic E-state index is 11.6. The number of rotatable bonds is 6. The molecule has 1 unspecified atom stereocenters. The monoisotopic (exact) mass is 263 g/mol. The molecular weight excluding hydrogens is 254 g/mol. The number of carboxylic acids is 2. The minimum absolute atomic E-state index is 0.339. The molecule has 0 aliphatic rings. The molecule has 9 nitrogen and oxygen atoms in total. The fraction of sp³-hybridized carbons (Fsp3) is 0.286. The average molecular weight is 263 g/mol. The van der Waals surface area contributed by atoms with Gasteiger partial charge in [-0.1, -0.05) is 0 Å². The summed E-state index contributed by atoms with van der Waals surface area (Å²) in [5, 5.41) is 22.3. The van der Waals surface area contributed by atoms with Crippen LogP contribution in [-0.4, -0.2) is 46.8 Å². The van der Waals surface area contributed by atoms with Crippen LogP contribution in [-0.2, 0) is 19.6 Å². The van der Waals surface area contributed by atoms with Crippen molar-refractivity contribution >= 4 is 22.0 Å². The molecule has 94 valence electrons. The minimum Gasteiger partial charge on any atom is -0.481 e. The van der Waals surface area contributed by atoms with E-state index >= 15 is 0 Å². The Morgan fingerprint density at radius 1 is 1.47 bits per heavy atom. The summed E-state index contributed by atoms with van der Waals surface area (Å²) < 4.78 is 24.8. The van der Waals surface area contributed by atoms with Crippen LogP contribution in [0.25, 0.3) is 0 Å². The lowest BCUT2D eigenvalue weighted by atomic mass is 10.2. The van der Waals surface area contributed by atoms with E-state index in [0.717, 1.165) is 6.07 Å². The lowest BCUT2D eigenvalue weighted by molar-refractivity contribution is -0.145. The molecule has 0 spiro atoms. The Kier molecular flexibility index (Phi) is 3.81. The summed E-state index contributed by atoms with van der Waals surface area (Å²) in [7, 11) is -4.12. The van der Waals surface area contributed by atoms with Crippen LogP contribution in [0, 0.1) is 0 Å². The molecular formula is C7H9N3O6S. The van der Waals surface area contributed by atoms with Crippen molar-refractivity contribution in [2.45, 2.75) is 17.5 Å². The van der Waals surface area contributed by atoms with Crippen LogP contribution in [0.1, 0.15) is 6.42 Å². The van der Waals surface area contributed by atoms with Gasteiger partial charge in [0.15, 0.2) is 5.03 Å². The topological polar surface area (TPSA) is 149 Å². The number of nitrogens with one attached hydrogen (secondary N) is 2. The van der Waals surface area contributed by atoms with Crippen LogP contribution in [0.4, 0.5) is 0 Å². The van der Waals surface area contributed by atoms with Crippen molar-refractivity contribution in [3.05, 3.63) is 12.3 Å². The number of aliphatic carboxylic acids is 2. The first kappa shape index (κ1) is 13.1. The van der Waals surface area contributed by atoms with E-state index in [-0.39, 0.29) is 5.03 Å². The number of hydrogen-bond acceptors (Lipinski definition) is 5. The molecule has 1 rings (SSSR count). The van der Waals surface area contributed by atoms with E-state index < -0.39 is 34.4 Å². The highest BCUT2D eigenvalue weighted by atomic mass is 32.2. The largest absolute Gasteiger partial charge is 0.481 e. The highest BCUT2D eigenvalue weighted by molar-refractivity contribution is 7.89. The van der Waals surface area contributed by atoms with Crippen LogP contribution in [0.5, 0.6) is 0 Å². The van der Waals surface area contributed by atoms with Gasteiger partial charge in [-0.2, -0.15) is 9.82 Å². The van der Waals surface area contributed by atoms with Crippen molar-refractivity contribution in [3.8, 4) is 0 Å². The molecule has 0 aromatic carbocycles. The zero-order valence-electron chi connectivity index (χ0n) is 8.32. The zero-order chi connectivity index (χ0) is 13.1. The Hall–Kier alpha value is -1.94. The van der Waals surface area contributed by atoms with E-state index in [2.05, 4.69) is 10.2 Å². The van der Waals surface area contributed by atoms with Crippen LogP contribution in [0.2, 0.25) is 0 Å². The number of sulfonamides is 1. The molecule has 4 N–H and O–H groups in total. The molecule has 0 fully saturated rings. The summed E-state index contributed by atoms with van der Waals surface area (Å²) >= 11 is 0. The average Bonchev–Trinajstić information content (AvgIpc) is 2.68. The van der Waals surface area contributed by atoms with Crippen molar-refractivity contribution in [1.29, 1.82) is 0 Å². The standard InChI is InChI=1S/C7H9N3O6S/c11-6(12)3-4(7(13)14)10-17(15,16)5-1-2-8-9-5/h1-2,4,10H,3H2,(H,8,9)(H,11,12)(H,13,14). The van der Waals surface area contributed by atoms with Gasteiger partial charge in [0.1, 0.15) is 6.04 Å². The quantitative estimate of drug-likeness (QED) is 0.493. The summed E-state index contributed by atoms with van der Waals surface area (Å²) in [6.07, 6.45) is 0.310. The van der Waals surface area contributed by atoms with Crippen molar-refractivity contribution in [2.24, 2.45) is 0 Å². The number of carbonyl (C=O) groups is 2. The lowest BCUT2D eigenvalue weighted by Gasteiger charge is -2.11. The predicted molar refractivity (Wildman–Crippen MR) is 52.6 cm³/mol. The Morgan fingerprint density at radius 2 is 2.12 bits per heavy atom. The van der Waals surface area contributed by atoms with Crippen molar-refractivity contribution in [2.75, 3.05) is 0 Å². The van der Waals surface area contributed by atoms with E-state index in [4.69, 9.17) is 10.2 Å². The van der Waals surface area contributed by atoms with Gasteiger partial charge in [-0.05, 0) is 6.07 Å². The van der Waals surface area contributed by atoms with Gasteiger partial charge in [-0.3, -0.25) is 14.7 Å². The maximum Gasteiger partial charge on any atom is 0.322 e. The van der Waals surface area contributed by atoms with Gasteiger partial charge >= 0.3 is 11.9 Å². The van der Waals surface area contributed by atoms with Crippen molar-refractivity contribution in [3.63, 3.8) is 0 Å². The molecule has 1 atom stereocenters. The van der Waals surface area contributed by atoms with Gasteiger partial charge in [0.25, 0.3) is 10.0 Å². The van der Waals surface area contributed by atoms with E-state index in [1.807, 2.05) is 0 Å². The molecule has 0 aliphatic heterocycles. The van der Waals surface area contributed by atoms with Crippen molar-refractivity contribution < 1.29 is 28.2 Å². The number of nitrogens with zero attached hydrogens (tertiary/aromatic N) is 1. The van der Waals surface area contributed by atoms with Gasteiger partial charge in [0.2, 0.25) is 0 Å². The van der Waals surface area contributed by atoms with Gasteiger partial charge in [-0.15, -0.1) is 0 Å². The highest BCUT2D eigenvalue weighted by Crippen LogP contribution is 2.05. The summed E-state index contributed by atoms with van der Waals surface area (Å²) in [5.74, 6) is -3.00. The summed E-state index contributed by atoms with van der Waals surface area (Å²) in [6, 6.07) is -0.622. The molecule has 10 heteroatoms. The molecule has 0 saturated heterocycles. The number of H-pyrrole nitrogens is 1. The van der Waals surface area contributed by atoms with Crippen LogP contribution >= 0.6 is 0 Å². The first-order valence-electron chi connectivity index (χ1n) is 4.29. The molecule has 0 bridgehead atoms. The molecule has 1 heterocycles. The second-order valence-electron chi connectivity index (χ2n) is 3.03. The summed E-state index contributed by atoms with van der Waals surface area (Å²) in [4.78, 5) is 21.0. The second-order valence-corrected chi connectivity index (χ2v) is 4.71. The number of aromatic amines is 1. The third-order valence-corrected chi connectivity index (χ3v) is 3.14. The van der Waals surface area contributed by atoms with Crippen LogP contribution in [0.15, 0.2) is 17.3 Å². The Bertz CT molecular complexity index is 508. The fourth-order valence-corrected chi connectivity index (χ4v) is 2.10. The second kappa shape index (κ2) is 4.93. The first-order valence-corrected chi connectivity index (χ1v) is 5.77. The van der Waals surface area contributed by atoms with Gasteiger partial charge in [-0.25, -0.2) is 8.42 Å². The maximum absolute atomic E-state index is 11.6. The molecule has 17 heavy (non-hydrogen) atoms. The summed E-state index contributed by atoms with van der Waals surface area (Å²) in [6.45, 7) is 0. The third kappa shape index (κ3) is 3.53. The molecule has 0 radical (unpaired) electrons. The van der Waals surface area contributed by atoms with E-state index in [0.29, 0.717) is 0 Å². The molecule has 1 aromatic rings. The predicted octanol–water partition coefficient (Wildman–Crippen LogP) is -1.38. The SMILES string of the molecule is O=C(O)CC(NS(=O)(=O)c1ccn[nH]1)C(=O)O. The minimum atomic E-state index is -4.12. The fourth-order valence-electron chi connectivity index (χ4n) is 0.998. The highest BCUT2D eigenvalue weighted by Gasteiger charge is 2.28. The third-order valence-electron chi connectivity index (χ3n) is 1.74. The zero-order valence-corrected chi connectivity index (χ0v) is 9.14. The Morgan fingerprint density at radius 3 is 2.53 bits per heavy atom. The van der Waals surface area contributed by atoms with E-state index in [9.17, 15) is 18.0 Å². The molecule has 0 amide bonds. The number of carboxylic acid groups (broad SMARTS) is 2. The Labute approximate surface area is 95.5 Å². The number of hydrogen-bond donors (Lipinski definition) is 4. The Balaban J connectivity index is 2.87. The van der Waals surface area contributed by atoms with E-state index in [1.165, 1.54) is 6.20 Å². The van der Waals surface area contributed by atoms with Gasteiger partial charge < -0.3 is 10.2 Å². The van der Waals surface area contributed by atoms with E-state index in [1.54, 1.807) is 4.72 Å². The number of aromatic nitrogens is 2.